The number of hydrogen-bond acceptors (Lipinski definition) is 5. The predicted molar refractivity (Wildman–Crippen MR) is 92.9 cm³/mol. The zero-order valence-electron chi connectivity index (χ0n) is 14.9. The summed E-state index contributed by atoms with van der Waals surface area (Å²) < 4.78 is 76.2. The van der Waals surface area contributed by atoms with E-state index in [0.29, 0.717) is 0 Å². The molecule has 3 atom stereocenters. The van der Waals surface area contributed by atoms with E-state index in [9.17, 15) is 41.8 Å². The number of hydrogen-bond donors (Lipinski definition) is 2. The van der Waals surface area contributed by atoms with Crippen molar-refractivity contribution in [1.29, 1.82) is 5.26 Å². The minimum atomic E-state index is -4.57. The highest BCUT2D eigenvalue weighted by Gasteiger charge is 2.43. The molecular weight excluding hydrogens is 416 g/mol. The van der Waals surface area contributed by atoms with Crippen molar-refractivity contribution in [2.75, 3.05) is 5.01 Å². The third-order valence-electron chi connectivity index (χ3n) is 4.60. The molecule has 2 N–H and O–H groups in total. The molecule has 1 aliphatic rings. The van der Waals surface area contributed by atoms with Crippen LogP contribution in [0.5, 0.6) is 0 Å². The molecule has 2 aromatic rings. The van der Waals surface area contributed by atoms with Gasteiger partial charge in [0.15, 0.2) is 6.23 Å². The Morgan fingerprint density at radius 1 is 0.900 bits per heavy atom. The Labute approximate surface area is 166 Å². The first kappa shape index (κ1) is 21.6. The molecule has 1 heterocycles. The largest absolute Gasteiger partial charge is 0.416 e. The maximum absolute atomic E-state index is 12.7. The minimum Gasteiger partial charge on any atom is -0.388 e. The van der Waals surface area contributed by atoms with Gasteiger partial charge in [0.1, 0.15) is 11.8 Å². The van der Waals surface area contributed by atoms with Crippen molar-refractivity contribution in [2.45, 2.75) is 24.7 Å². The van der Waals surface area contributed by atoms with E-state index in [-0.39, 0.29) is 17.0 Å². The molecule has 5 nitrogen and oxygen atoms in total. The number of aliphatic hydroxyl groups excluding tert-OH is 2. The van der Waals surface area contributed by atoms with Gasteiger partial charge in [-0.05, 0) is 42.0 Å². The Morgan fingerprint density at radius 3 is 1.80 bits per heavy atom. The number of rotatable bonds is 3. The summed E-state index contributed by atoms with van der Waals surface area (Å²) in [5.74, 6) is -1.32. The number of benzene rings is 2. The van der Waals surface area contributed by atoms with Crippen LogP contribution in [0.2, 0.25) is 0 Å². The van der Waals surface area contributed by atoms with E-state index in [1.54, 1.807) is 6.07 Å². The Morgan fingerprint density at radius 2 is 1.37 bits per heavy atom. The number of nitriles is 1. The fraction of sp³-hybridized carbons (Fsp3) is 0.263. The van der Waals surface area contributed by atoms with E-state index in [1.165, 1.54) is 0 Å². The van der Waals surface area contributed by atoms with Gasteiger partial charge in [0.05, 0.1) is 28.8 Å². The fourth-order valence-corrected chi connectivity index (χ4v) is 3.03. The summed E-state index contributed by atoms with van der Waals surface area (Å²) in [7, 11) is 0. The molecule has 1 aliphatic heterocycles. The van der Waals surface area contributed by atoms with Crippen LogP contribution >= 0.6 is 0 Å². The van der Waals surface area contributed by atoms with Crippen molar-refractivity contribution < 1.29 is 36.6 Å². The smallest absolute Gasteiger partial charge is 0.388 e. The molecule has 0 bridgehead atoms. The van der Waals surface area contributed by atoms with Crippen molar-refractivity contribution in [3.8, 4) is 6.07 Å². The van der Waals surface area contributed by atoms with Gasteiger partial charge < -0.3 is 10.2 Å². The quantitative estimate of drug-likeness (QED) is 0.721. The van der Waals surface area contributed by atoms with Crippen LogP contribution in [0.1, 0.15) is 22.8 Å². The van der Waals surface area contributed by atoms with E-state index in [4.69, 9.17) is 0 Å². The van der Waals surface area contributed by atoms with Crippen molar-refractivity contribution in [1.82, 2.24) is 0 Å². The van der Waals surface area contributed by atoms with Gasteiger partial charge in [-0.25, -0.2) is 5.01 Å². The second-order valence-electron chi connectivity index (χ2n) is 6.49. The summed E-state index contributed by atoms with van der Waals surface area (Å²) in [6.45, 7) is 0. The topological polar surface area (TPSA) is 79.9 Å². The highest BCUT2D eigenvalue weighted by Crippen LogP contribution is 2.37. The highest BCUT2D eigenvalue weighted by atomic mass is 19.4. The molecule has 3 rings (SSSR count). The molecule has 0 radical (unpaired) electrons. The second kappa shape index (κ2) is 7.62. The molecule has 2 aromatic carbocycles. The second-order valence-corrected chi connectivity index (χ2v) is 6.49. The first-order valence-corrected chi connectivity index (χ1v) is 8.42. The molecule has 0 aromatic heterocycles. The lowest BCUT2D eigenvalue weighted by Gasteiger charge is -2.26. The van der Waals surface area contributed by atoms with Crippen LogP contribution < -0.4 is 5.01 Å². The minimum absolute atomic E-state index is 0.00395. The van der Waals surface area contributed by atoms with E-state index >= 15 is 0 Å². The molecule has 0 amide bonds. The average Bonchev–Trinajstić information content (AvgIpc) is 3.02. The van der Waals surface area contributed by atoms with Crippen LogP contribution in [-0.2, 0) is 12.4 Å². The Hall–Kier alpha value is -3.10. The molecule has 11 heteroatoms. The highest BCUT2D eigenvalue weighted by molar-refractivity contribution is 6.03. The van der Waals surface area contributed by atoms with Crippen LogP contribution in [0.25, 0.3) is 0 Å². The van der Waals surface area contributed by atoms with Crippen molar-refractivity contribution >= 4 is 11.4 Å². The van der Waals surface area contributed by atoms with Gasteiger partial charge in [-0.3, -0.25) is 0 Å². The van der Waals surface area contributed by atoms with Crippen LogP contribution in [0, 0.1) is 17.2 Å². The summed E-state index contributed by atoms with van der Waals surface area (Å²) in [6, 6.07) is 8.82. The maximum atomic E-state index is 12.7. The molecule has 30 heavy (non-hydrogen) atoms. The fourth-order valence-electron chi connectivity index (χ4n) is 3.03. The lowest BCUT2D eigenvalue weighted by molar-refractivity contribution is -0.138. The summed E-state index contributed by atoms with van der Waals surface area (Å²) in [5, 5.41) is 35.1. The Bertz CT molecular complexity index is 978. The molecule has 0 fully saturated rings. The zero-order valence-corrected chi connectivity index (χ0v) is 14.9. The summed E-state index contributed by atoms with van der Waals surface area (Å²) in [4.78, 5) is 0. The van der Waals surface area contributed by atoms with E-state index in [2.05, 4.69) is 5.10 Å². The number of nitrogens with zero attached hydrogens (tertiary/aromatic N) is 3. The molecule has 3 unspecified atom stereocenters. The molecule has 158 valence electrons. The lowest BCUT2D eigenvalue weighted by atomic mass is 9.90. The van der Waals surface area contributed by atoms with Gasteiger partial charge in [-0.15, -0.1) is 0 Å². The van der Waals surface area contributed by atoms with Crippen molar-refractivity contribution in [3.05, 3.63) is 65.2 Å². The molecule has 0 aliphatic carbocycles. The number of aliphatic hydroxyl groups is 2. The van der Waals surface area contributed by atoms with Gasteiger partial charge in [0.2, 0.25) is 0 Å². The number of halogens is 6. The molecule has 0 saturated heterocycles. The van der Waals surface area contributed by atoms with Gasteiger partial charge in [-0.2, -0.15) is 36.7 Å². The van der Waals surface area contributed by atoms with Crippen LogP contribution in [0.3, 0.4) is 0 Å². The van der Waals surface area contributed by atoms with Gasteiger partial charge in [-0.1, -0.05) is 12.1 Å². The van der Waals surface area contributed by atoms with Crippen LogP contribution in [-0.4, -0.2) is 22.2 Å². The zero-order chi connectivity index (χ0) is 22.3. The van der Waals surface area contributed by atoms with Crippen LogP contribution in [0.4, 0.5) is 32.0 Å². The summed E-state index contributed by atoms with van der Waals surface area (Å²) >= 11 is 0. The Kier molecular flexibility index (Phi) is 5.49. The standard InChI is InChI=1S/C19H13F6N3O2/c20-18(21,22)11-3-1-10(2-4-11)16(29)15-14(9-26)27-28(17(15)30)13-7-5-12(6-8-13)19(23,24)25/h1-8,15-17,29-30H. The van der Waals surface area contributed by atoms with Gasteiger partial charge in [0, 0.05) is 0 Å². The third-order valence-corrected chi connectivity index (χ3v) is 4.60. The van der Waals surface area contributed by atoms with E-state index in [0.717, 1.165) is 53.5 Å². The van der Waals surface area contributed by atoms with Gasteiger partial charge >= 0.3 is 12.4 Å². The molecule has 0 spiro atoms. The first-order chi connectivity index (χ1) is 13.9. The first-order valence-electron chi connectivity index (χ1n) is 8.42. The monoisotopic (exact) mass is 429 g/mol. The SMILES string of the molecule is N#CC1=NN(c2ccc(C(F)(F)F)cc2)C(O)C1C(O)c1ccc(C(F)(F)F)cc1. The average molecular weight is 429 g/mol. The normalized spacial score (nSPS) is 20.6. The van der Waals surface area contributed by atoms with Crippen molar-refractivity contribution in [3.63, 3.8) is 0 Å². The van der Waals surface area contributed by atoms with E-state index in [1.807, 2.05) is 0 Å². The van der Waals surface area contributed by atoms with Crippen molar-refractivity contribution in [2.24, 2.45) is 11.0 Å². The molecular formula is C19H13F6N3O2. The third kappa shape index (κ3) is 4.10. The van der Waals surface area contributed by atoms with Crippen LogP contribution in [0.15, 0.2) is 53.6 Å². The number of alkyl halides is 6. The number of hydrazone groups is 1. The van der Waals surface area contributed by atoms with E-state index < -0.39 is 41.7 Å². The molecule has 0 saturated carbocycles. The summed E-state index contributed by atoms with van der Waals surface area (Å²) in [6.07, 6.45) is -12.4. The predicted octanol–water partition coefficient (Wildman–Crippen LogP) is 4.09. The lowest BCUT2D eigenvalue weighted by Crippen LogP contribution is -2.36. The maximum Gasteiger partial charge on any atom is 0.416 e. The summed E-state index contributed by atoms with van der Waals surface area (Å²) in [5.41, 5.74) is -2.15. The number of anilines is 1. The Balaban J connectivity index is 1.86. The van der Waals surface area contributed by atoms with Gasteiger partial charge in [0.25, 0.3) is 0 Å².